The molecule has 7 nitrogen and oxygen atoms in total. The Hall–Kier alpha value is -2.45. The SMILES string of the molecule is Cc1c[nH]c2ncnc(N3CCC(CCN(C)C)(C(=O)Nc4cccc(Br)c4)CC3)c12. The normalized spacial score (nSPS) is 16.1. The summed E-state index contributed by atoms with van der Waals surface area (Å²) < 4.78 is 0.956. The second-order valence-electron chi connectivity index (χ2n) is 8.68. The van der Waals surface area contributed by atoms with Crippen LogP contribution in [0.15, 0.2) is 41.3 Å². The van der Waals surface area contributed by atoms with Crippen LogP contribution in [0.25, 0.3) is 11.0 Å². The van der Waals surface area contributed by atoms with Crippen LogP contribution >= 0.6 is 15.9 Å². The van der Waals surface area contributed by atoms with Crippen molar-refractivity contribution < 1.29 is 4.79 Å². The van der Waals surface area contributed by atoms with Crippen LogP contribution < -0.4 is 10.2 Å². The van der Waals surface area contributed by atoms with Crippen molar-refractivity contribution in [2.24, 2.45) is 5.41 Å². The van der Waals surface area contributed by atoms with E-state index in [4.69, 9.17) is 0 Å². The molecule has 1 aliphatic heterocycles. The number of halogens is 1. The Bertz CT molecular complexity index is 1070. The maximum Gasteiger partial charge on any atom is 0.230 e. The summed E-state index contributed by atoms with van der Waals surface area (Å²) in [4.78, 5) is 30.1. The van der Waals surface area contributed by atoms with Crippen LogP contribution in [0.1, 0.15) is 24.8 Å². The average molecular weight is 485 g/mol. The molecule has 1 saturated heterocycles. The fourth-order valence-corrected chi connectivity index (χ4v) is 4.74. The molecule has 0 bridgehead atoms. The summed E-state index contributed by atoms with van der Waals surface area (Å²) in [6.45, 7) is 4.52. The summed E-state index contributed by atoms with van der Waals surface area (Å²) in [5.74, 6) is 1.06. The minimum absolute atomic E-state index is 0.109. The highest BCUT2D eigenvalue weighted by Gasteiger charge is 2.41. The van der Waals surface area contributed by atoms with Gasteiger partial charge in [-0.05, 0) is 70.6 Å². The van der Waals surface area contributed by atoms with Crippen LogP contribution in [0.2, 0.25) is 0 Å². The Labute approximate surface area is 191 Å². The van der Waals surface area contributed by atoms with Crippen LogP contribution in [-0.2, 0) is 4.79 Å². The number of aromatic amines is 1. The predicted molar refractivity (Wildman–Crippen MR) is 128 cm³/mol. The molecule has 0 unspecified atom stereocenters. The van der Waals surface area contributed by atoms with E-state index in [0.717, 1.165) is 71.5 Å². The number of rotatable bonds is 6. The van der Waals surface area contributed by atoms with E-state index in [0.29, 0.717) is 0 Å². The Morgan fingerprint density at radius 3 is 2.77 bits per heavy atom. The number of anilines is 2. The number of nitrogens with one attached hydrogen (secondary N) is 2. The van der Waals surface area contributed by atoms with E-state index in [1.54, 1.807) is 6.33 Å². The van der Waals surface area contributed by atoms with E-state index in [9.17, 15) is 4.79 Å². The Kier molecular flexibility index (Phi) is 6.29. The number of aryl methyl sites for hydroxylation is 1. The molecule has 1 aromatic carbocycles. The number of aromatic nitrogens is 3. The van der Waals surface area contributed by atoms with Gasteiger partial charge in [-0.2, -0.15) is 0 Å². The van der Waals surface area contributed by atoms with Crippen molar-refractivity contribution in [3.05, 3.63) is 46.8 Å². The minimum atomic E-state index is -0.400. The molecule has 1 amide bonds. The van der Waals surface area contributed by atoms with Crippen LogP contribution in [0, 0.1) is 12.3 Å². The molecule has 3 heterocycles. The lowest BCUT2D eigenvalue weighted by Crippen LogP contribution is -2.48. The van der Waals surface area contributed by atoms with Crippen molar-refractivity contribution >= 4 is 44.4 Å². The van der Waals surface area contributed by atoms with E-state index < -0.39 is 5.41 Å². The molecule has 2 N–H and O–H groups in total. The van der Waals surface area contributed by atoms with E-state index in [1.165, 1.54) is 0 Å². The molecular weight excluding hydrogens is 456 g/mol. The highest BCUT2D eigenvalue weighted by molar-refractivity contribution is 9.10. The number of H-pyrrole nitrogens is 1. The predicted octanol–water partition coefficient (Wildman–Crippen LogP) is 4.21. The first-order valence-electron chi connectivity index (χ1n) is 10.6. The Morgan fingerprint density at radius 1 is 1.29 bits per heavy atom. The molecule has 1 fully saturated rings. The summed E-state index contributed by atoms with van der Waals surface area (Å²) in [7, 11) is 4.11. The molecule has 0 aliphatic carbocycles. The van der Waals surface area contributed by atoms with E-state index >= 15 is 0 Å². The van der Waals surface area contributed by atoms with Gasteiger partial charge in [-0.15, -0.1) is 0 Å². The number of carbonyl (C=O) groups is 1. The van der Waals surface area contributed by atoms with E-state index in [2.05, 4.69) is 67.0 Å². The summed E-state index contributed by atoms with van der Waals surface area (Å²) in [5.41, 5.74) is 2.43. The molecule has 0 atom stereocenters. The average Bonchev–Trinajstić information content (AvgIpc) is 3.14. The maximum absolute atomic E-state index is 13.5. The van der Waals surface area contributed by atoms with Crippen molar-refractivity contribution in [2.45, 2.75) is 26.2 Å². The van der Waals surface area contributed by atoms with Gasteiger partial charge in [0.25, 0.3) is 0 Å². The zero-order chi connectivity index (χ0) is 22.0. The number of hydrogen-bond donors (Lipinski definition) is 2. The molecule has 1 aliphatic rings. The van der Waals surface area contributed by atoms with Gasteiger partial charge in [-0.1, -0.05) is 22.0 Å². The topological polar surface area (TPSA) is 77.2 Å². The number of carbonyl (C=O) groups excluding carboxylic acids is 1. The van der Waals surface area contributed by atoms with Crippen molar-refractivity contribution in [3.63, 3.8) is 0 Å². The van der Waals surface area contributed by atoms with Gasteiger partial charge in [0.05, 0.1) is 10.8 Å². The first-order valence-corrected chi connectivity index (χ1v) is 11.4. The summed E-state index contributed by atoms with van der Waals surface area (Å²) >= 11 is 3.49. The lowest BCUT2D eigenvalue weighted by molar-refractivity contribution is -0.127. The van der Waals surface area contributed by atoms with Gasteiger partial charge >= 0.3 is 0 Å². The van der Waals surface area contributed by atoms with Crippen molar-refractivity contribution in [3.8, 4) is 0 Å². The monoisotopic (exact) mass is 484 g/mol. The van der Waals surface area contributed by atoms with Gasteiger partial charge in [0.2, 0.25) is 5.91 Å². The highest BCUT2D eigenvalue weighted by Crippen LogP contribution is 2.39. The lowest BCUT2D eigenvalue weighted by Gasteiger charge is -2.41. The van der Waals surface area contributed by atoms with Gasteiger partial charge in [0.15, 0.2) is 0 Å². The standard InChI is InChI=1S/C23H29BrN6O/c1-16-14-25-20-19(16)21(27-15-26-20)30-11-8-23(9-12-30,7-10-29(2)3)22(31)28-18-6-4-5-17(24)13-18/h4-6,13-15H,7-12H2,1-3H3,(H,28,31)(H,25,26,27). The quantitative estimate of drug-likeness (QED) is 0.547. The number of amides is 1. The third-order valence-corrected chi connectivity index (χ3v) is 6.76. The van der Waals surface area contributed by atoms with Gasteiger partial charge in [0, 0.05) is 29.4 Å². The maximum atomic E-state index is 13.5. The molecule has 0 radical (unpaired) electrons. The largest absolute Gasteiger partial charge is 0.356 e. The smallest absolute Gasteiger partial charge is 0.230 e. The fraction of sp³-hybridized carbons (Fsp3) is 0.435. The van der Waals surface area contributed by atoms with Gasteiger partial charge in [-0.3, -0.25) is 4.79 Å². The van der Waals surface area contributed by atoms with Crippen molar-refractivity contribution in [2.75, 3.05) is 43.9 Å². The molecular formula is C23H29BrN6O. The summed E-state index contributed by atoms with van der Waals surface area (Å²) in [6.07, 6.45) is 5.99. The number of piperidine rings is 1. The molecule has 31 heavy (non-hydrogen) atoms. The minimum Gasteiger partial charge on any atom is -0.356 e. The molecule has 2 aromatic heterocycles. The van der Waals surface area contributed by atoms with Crippen molar-refractivity contribution in [1.29, 1.82) is 0 Å². The van der Waals surface area contributed by atoms with Gasteiger partial charge < -0.3 is 20.1 Å². The first-order chi connectivity index (χ1) is 14.9. The number of fused-ring (bicyclic) bond motifs is 1. The van der Waals surface area contributed by atoms with Crippen LogP contribution in [-0.4, -0.2) is 59.5 Å². The first kappa shape index (κ1) is 21.8. The molecule has 0 saturated carbocycles. The lowest BCUT2D eigenvalue weighted by atomic mass is 9.74. The summed E-state index contributed by atoms with van der Waals surface area (Å²) in [6, 6.07) is 7.78. The van der Waals surface area contributed by atoms with Gasteiger partial charge in [0.1, 0.15) is 17.8 Å². The molecule has 0 spiro atoms. The third-order valence-electron chi connectivity index (χ3n) is 6.27. The van der Waals surface area contributed by atoms with E-state index in [-0.39, 0.29) is 5.91 Å². The van der Waals surface area contributed by atoms with Crippen LogP contribution in [0.3, 0.4) is 0 Å². The molecule has 4 rings (SSSR count). The van der Waals surface area contributed by atoms with Crippen molar-refractivity contribution in [1.82, 2.24) is 19.9 Å². The Morgan fingerprint density at radius 2 is 2.06 bits per heavy atom. The number of nitrogens with zero attached hydrogens (tertiary/aromatic N) is 4. The molecule has 164 valence electrons. The van der Waals surface area contributed by atoms with Crippen LogP contribution in [0.5, 0.6) is 0 Å². The second-order valence-corrected chi connectivity index (χ2v) is 9.59. The Balaban J connectivity index is 1.55. The number of benzene rings is 1. The molecule has 8 heteroatoms. The number of hydrogen-bond acceptors (Lipinski definition) is 5. The van der Waals surface area contributed by atoms with Gasteiger partial charge in [-0.25, -0.2) is 9.97 Å². The zero-order valence-electron chi connectivity index (χ0n) is 18.3. The summed E-state index contributed by atoms with van der Waals surface area (Å²) in [5, 5.41) is 4.24. The van der Waals surface area contributed by atoms with Crippen LogP contribution in [0.4, 0.5) is 11.5 Å². The third kappa shape index (κ3) is 4.60. The highest BCUT2D eigenvalue weighted by atomic mass is 79.9. The fourth-order valence-electron chi connectivity index (χ4n) is 4.34. The zero-order valence-corrected chi connectivity index (χ0v) is 19.9. The second kappa shape index (κ2) is 8.96. The molecule has 3 aromatic rings. The van der Waals surface area contributed by atoms with E-state index in [1.807, 2.05) is 30.5 Å².